The van der Waals surface area contributed by atoms with Crippen LogP contribution in [0.4, 0.5) is 8.78 Å². The molecule has 0 spiro atoms. The van der Waals surface area contributed by atoms with Gasteiger partial charge in [0.25, 0.3) is 5.92 Å². The molecule has 1 aromatic rings. The second kappa shape index (κ2) is 4.70. The lowest BCUT2D eigenvalue weighted by atomic mass is 10.2. The van der Waals surface area contributed by atoms with Crippen LogP contribution in [0.3, 0.4) is 0 Å². The first-order chi connectivity index (χ1) is 8.60. The van der Waals surface area contributed by atoms with Crippen molar-refractivity contribution in [1.82, 2.24) is 0 Å². The molecular formula is C12H16F2O3S2. The van der Waals surface area contributed by atoms with Gasteiger partial charge in [-0.25, -0.2) is 17.2 Å². The normalized spacial score (nSPS) is 17.8. The molecular weight excluding hydrogens is 294 g/mol. The Morgan fingerprint density at radius 2 is 1.89 bits per heavy atom. The zero-order valence-electron chi connectivity index (χ0n) is 11.0. The van der Waals surface area contributed by atoms with Gasteiger partial charge in [0.05, 0.1) is 6.61 Å². The molecule has 7 heteroatoms. The van der Waals surface area contributed by atoms with Crippen molar-refractivity contribution >= 4 is 21.2 Å². The van der Waals surface area contributed by atoms with Gasteiger partial charge in [0, 0.05) is 24.7 Å². The predicted molar refractivity (Wildman–Crippen MR) is 70.1 cm³/mol. The van der Waals surface area contributed by atoms with E-state index in [4.69, 9.17) is 4.74 Å². The van der Waals surface area contributed by atoms with Crippen LogP contribution in [-0.2, 0) is 22.7 Å². The second-order valence-corrected chi connectivity index (χ2v) is 8.51. The van der Waals surface area contributed by atoms with E-state index in [-0.39, 0.29) is 15.7 Å². The summed E-state index contributed by atoms with van der Waals surface area (Å²) in [6, 6.07) is 0. The van der Waals surface area contributed by atoms with E-state index in [9.17, 15) is 17.2 Å². The molecule has 1 heterocycles. The van der Waals surface area contributed by atoms with E-state index in [1.807, 2.05) is 13.8 Å². The van der Waals surface area contributed by atoms with Gasteiger partial charge in [-0.3, -0.25) is 0 Å². The summed E-state index contributed by atoms with van der Waals surface area (Å²) in [6.45, 7) is 4.28. The second-order valence-electron chi connectivity index (χ2n) is 5.32. The maximum Gasteiger partial charge on any atom is 0.256 e. The molecule has 0 amide bonds. The Morgan fingerprint density at radius 1 is 1.32 bits per heavy atom. The van der Waals surface area contributed by atoms with Crippen LogP contribution >= 0.6 is 11.3 Å². The van der Waals surface area contributed by atoms with Crippen molar-refractivity contribution in [3.8, 4) is 5.06 Å². The zero-order valence-corrected chi connectivity index (χ0v) is 12.6. The number of hydrogen-bond acceptors (Lipinski definition) is 4. The predicted octanol–water partition coefficient (Wildman–Crippen LogP) is 2.92. The van der Waals surface area contributed by atoms with Crippen LogP contribution < -0.4 is 4.74 Å². The molecule has 0 aliphatic heterocycles. The molecule has 19 heavy (non-hydrogen) atoms. The summed E-state index contributed by atoms with van der Waals surface area (Å²) in [5, 5.41) is 0.335. The number of hydrogen-bond donors (Lipinski definition) is 0. The van der Waals surface area contributed by atoms with Gasteiger partial charge >= 0.3 is 0 Å². The van der Waals surface area contributed by atoms with Crippen LogP contribution in [0.15, 0.2) is 4.21 Å². The van der Waals surface area contributed by atoms with Crippen molar-refractivity contribution in [2.75, 3.05) is 12.9 Å². The Labute approximate surface area is 115 Å². The molecule has 0 unspecified atom stereocenters. The van der Waals surface area contributed by atoms with Crippen molar-refractivity contribution in [3.05, 3.63) is 11.1 Å². The van der Waals surface area contributed by atoms with E-state index in [0.29, 0.717) is 17.2 Å². The Hall–Kier alpha value is -0.690. The van der Waals surface area contributed by atoms with Crippen molar-refractivity contribution < 1.29 is 21.9 Å². The molecule has 108 valence electrons. The van der Waals surface area contributed by atoms with Crippen molar-refractivity contribution in [1.29, 1.82) is 0 Å². The first-order valence-corrected chi connectivity index (χ1v) is 8.66. The molecule has 0 fully saturated rings. The third-order valence-electron chi connectivity index (χ3n) is 2.80. The number of ether oxygens (including phenoxy) is 1. The standard InChI is InChI=1S/C12H16F2O3S2/c1-7(2)6-17-10-8-4-12(13,14)5-9(8)11(18-10)19(3,15)16/h7H,4-6H2,1-3H3. The Bertz CT molecular complexity index is 588. The van der Waals surface area contributed by atoms with Crippen LogP contribution in [0.5, 0.6) is 5.06 Å². The quantitative estimate of drug-likeness (QED) is 0.859. The summed E-state index contributed by atoms with van der Waals surface area (Å²) in [5.41, 5.74) is 0.618. The van der Waals surface area contributed by atoms with Gasteiger partial charge in [0.1, 0.15) is 4.21 Å². The zero-order chi connectivity index (χ0) is 14.4. The van der Waals surface area contributed by atoms with Gasteiger partial charge in [-0.2, -0.15) is 0 Å². The molecule has 0 bridgehead atoms. The number of fused-ring (bicyclic) bond motifs is 1. The van der Waals surface area contributed by atoms with Crippen molar-refractivity contribution in [3.63, 3.8) is 0 Å². The van der Waals surface area contributed by atoms with E-state index < -0.39 is 28.6 Å². The lowest BCUT2D eigenvalue weighted by Crippen LogP contribution is -2.16. The van der Waals surface area contributed by atoms with Gasteiger partial charge < -0.3 is 4.74 Å². The largest absolute Gasteiger partial charge is 0.483 e. The fraction of sp³-hybridized carbons (Fsp3) is 0.667. The average Bonchev–Trinajstić information content (AvgIpc) is 2.67. The summed E-state index contributed by atoms with van der Waals surface area (Å²) in [6.07, 6.45) is 0.107. The summed E-state index contributed by atoms with van der Waals surface area (Å²) < 4.78 is 55.8. The first kappa shape index (κ1) is 14.7. The summed E-state index contributed by atoms with van der Waals surface area (Å²) >= 11 is 0.968. The third-order valence-corrected chi connectivity index (χ3v) is 5.86. The van der Waals surface area contributed by atoms with E-state index in [2.05, 4.69) is 0 Å². The maximum absolute atomic E-state index is 13.5. The lowest BCUT2D eigenvalue weighted by molar-refractivity contribution is 0.0123. The molecule has 0 N–H and O–H groups in total. The van der Waals surface area contributed by atoms with Gasteiger partial charge in [0.15, 0.2) is 14.9 Å². The molecule has 0 saturated carbocycles. The topological polar surface area (TPSA) is 43.4 Å². The van der Waals surface area contributed by atoms with Crippen molar-refractivity contribution in [2.24, 2.45) is 5.92 Å². The minimum atomic E-state index is -3.49. The van der Waals surface area contributed by atoms with E-state index in [1.54, 1.807) is 0 Å². The van der Waals surface area contributed by atoms with Crippen LogP contribution in [-0.4, -0.2) is 27.2 Å². The monoisotopic (exact) mass is 310 g/mol. The highest BCUT2D eigenvalue weighted by Gasteiger charge is 2.43. The van der Waals surface area contributed by atoms with Crippen LogP contribution in [0.25, 0.3) is 0 Å². The molecule has 0 atom stereocenters. The molecule has 0 aromatic carbocycles. The fourth-order valence-electron chi connectivity index (χ4n) is 2.05. The highest BCUT2D eigenvalue weighted by molar-refractivity contribution is 7.92. The molecule has 0 saturated heterocycles. The average molecular weight is 310 g/mol. The van der Waals surface area contributed by atoms with Gasteiger partial charge in [-0.15, -0.1) is 0 Å². The molecule has 0 radical (unpaired) electrons. The van der Waals surface area contributed by atoms with Gasteiger partial charge in [0.2, 0.25) is 0 Å². The minimum absolute atomic E-state index is 0.0263. The molecule has 1 aromatic heterocycles. The third kappa shape index (κ3) is 3.08. The Balaban J connectivity index is 2.42. The number of thiophene rings is 1. The molecule has 2 rings (SSSR count). The number of halogens is 2. The number of rotatable bonds is 4. The minimum Gasteiger partial charge on any atom is -0.483 e. The first-order valence-electron chi connectivity index (χ1n) is 5.95. The van der Waals surface area contributed by atoms with Crippen LogP contribution in [0.1, 0.15) is 25.0 Å². The highest BCUT2D eigenvalue weighted by Crippen LogP contribution is 2.48. The molecule has 1 aliphatic carbocycles. The highest BCUT2D eigenvalue weighted by atomic mass is 32.2. The smallest absolute Gasteiger partial charge is 0.256 e. The number of alkyl halides is 2. The number of sulfone groups is 1. The van der Waals surface area contributed by atoms with Crippen molar-refractivity contribution in [2.45, 2.75) is 36.8 Å². The molecule has 1 aliphatic rings. The van der Waals surface area contributed by atoms with E-state index in [1.165, 1.54) is 0 Å². The van der Waals surface area contributed by atoms with Crippen LogP contribution in [0.2, 0.25) is 0 Å². The Kier molecular flexibility index (Phi) is 3.64. The van der Waals surface area contributed by atoms with E-state index in [0.717, 1.165) is 17.6 Å². The van der Waals surface area contributed by atoms with Gasteiger partial charge in [-0.1, -0.05) is 25.2 Å². The summed E-state index contributed by atoms with van der Waals surface area (Å²) in [7, 11) is -3.49. The fourth-order valence-corrected chi connectivity index (χ4v) is 4.46. The lowest BCUT2D eigenvalue weighted by Gasteiger charge is -2.10. The SMILES string of the molecule is CC(C)COc1sc(S(C)(=O)=O)c2c1CC(F)(F)C2. The summed E-state index contributed by atoms with van der Waals surface area (Å²) in [5.74, 6) is -2.62. The Morgan fingerprint density at radius 3 is 2.42 bits per heavy atom. The van der Waals surface area contributed by atoms with Gasteiger partial charge in [-0.05, 0) is 11.5 Å². The van der Waals surface area contributed by atoms with Crippen LogP contribution in [0, 0.1) is 5.92 Å². The maximum atomic E-state index is 13.5. The molecule has 3 nitrogen and oxygen atoms in total. The summed E-state index contributed by atoms with van der Waals surface area (Å²) in [4.78, 5) is 0. The van der Waals surface area contributed by atoms with E-state index >= 15 is 0 Å².